The van der Waals surface area contributed by atoms with Crippen LogP contribution >= 0.6 is 12.4 Å². The molecule has 5 heteroatoms. The molecule has 0 fully saturated rings. The Hall–Kier alpha value is -2.04. The lowest BCUT2D eigenvalue weighted by Crippen LogP contribution is -2.18. The first-order chi connectivity index (χ1) is 10.6. The molecule has 0 saturated carbocycles. The van der Waals surface area contributed by atoms with Crippen molar-refractivity contribution in [3.8, 4) is 5.75 Å². The molecule has 0 aliphatic rings. The van der Waals surface area contributed by atoms with Crippen LogP contribution in [0, 0.1) is 0 Å². The van der Waals surface area contributed by atoms with E-state index in [1.54, 1.807) is 12.1 Å². The topological polar surface area (TPSA) is 61.5 Å². The summed E-state index contributed by atoms with van der Waals surface area (Å²) >= 11 is 0. The number of nitrogens with two attached hydrogens (primary N) is 1. The Morgan fingerprint density at radius 3 is 2.43 bits per heavy atom. The molecule has 124 valence electrons. The van der Waals surface area contributed by atoms with Crippen LogP contribution in [0.3, 0.4) is 0 Å². The SMILES string of the molecule is COC(=O)c1cc(CC(C)N)ccc1OCc1ccccc1.Cl. The summed E-state index contributed by atoms with van der Waals surface area (Å²) in [7, 11) is 1.36. The summed E-state index contributed by atoms with van der Waals surface area (Å²) in [6.07, 6.45) is 0.697. The highest BCUT2D eigenvalue weighted by molar-refractivity contribution is 5.92. The molecule has 0 heterocycles. The number of esters is 1. The number of ether oxygens (including phenoxy) is 2. The second-order valence-corrected chi connectivity index (χ2v) is 5.28. The predicted octanol–water partition coefficient (Wildman–Crippen LogP) is 3.36. The molecule has 4 nitrogen and oxygen atoms in total. The molecule has 0 aromatic heterocycles. The van der Waals surface area contributed by atoms with E-state index in [1.807, 2.05) is 43.3 Å². The number of benzene rings is 2. The highest BCUT2D eigenvalue weighted by atomic mass is 35.5. The number of carbonyl (C=O) groups is 1. The van der Waals surface area contributed by atoms with Crippen molar-refractivity contribution in [2.45, 2.75) is 26.0 Å². The van der Waals surface area contributed by atoms with Crippen molar-refractivity contribution >= 4 is 18.4 Å². The van der Waals surface area contributed by atoms with E-state index >= 15 is 0 Å². The van der Waals surface area contributed by atoms with Gasteiger partial charge in [-0.1, -0.05) is 36.4 Å². The van der Waals surface area contributed by atoms with Crippen LogP contribution in [0.5, 0.6) is 5.75 Å². The first-order valence-electron chi connectivity index (χ1n) is 7.23. The van der Waals surface area contributed by atoms with Crippen molar-refractivity contribution in [1.29, 1.82) is 0 Å². The Kier molecular flexibility index (Phi) is 7.59. The van der Waals surface area contributed by atoms with Crippen LogP contribution in [-0.2, 0) is 17.8 Å². The van der Waals surface area contributed by atoms with Gasteiger partial charge in [-0.15, -0.1) is 12.4 Å². The van der Waals surface area contributed by atoms with E-state index in [0.717, 1.165) is 11.1 Å². The van der Waals surface area contributed by atoms with Crippen LogP contribution in [0.25, 0.3) is 0 Å². The van der Waals surface area contributed by atoms with Crippen molar-refractivity contribution in [2.24, 2.45) is 5.73 Å². The number of hydrogen-bond acceptors (Lipinski definition) is 4. The van der Waals surface area contributed by atoms with Crippen LogP contribution < -0.4 is 10.5 Å². The van der Waals surface area contributed by atoms with E-state index in [1.165, 1.54) is 7.11 Å². The smallest absolute Gasteiger partial charge is 0.341 e. The maximum Gasteiger partial charge on any atom is 0.341 e. The fourth-order valence-electron chi connectivity index (χ4n) is 2.21. The highest BCUT2D eigenvalue weighted by Gasteiger charge is 2.14. The first kappa shape index (κ1) is 19.0. The molecule has 2 aromatic rings. The number of hydrogen-bond donors (Lipinski definition) is 1. The Labute approximate surface area is 143 Å². The molecule has 0 saturated heterocycles. The predicted molar refractivity (Wildman–Crippen MR) is 93.2 cm³/mol. The molecule has 2 N–H and O–H groups in total. The van der Waals surface area contributed by atoms with Crippen LogP contribution in [0.2, 0.25) is 0 Å². The number of rotatable bonds is 6. The van der Waals surface area contributed by atoms with Gasteiger partial charge >= 0.3 is 5.97 Å². The molecule has 1 atom stereocenters. The lowest BCUT2D eigenvalue weighted by atomic mass is 10.0. The normalized spacial score (nSPS) is 11.3. The van der Waals surface area contributed by atoms with Crippen molar-refractivity contribution in [3.05, 3.63) is 65.2 Å². The fraction of sp³-hybridized carbons (Fsp3) is 0.278. The standard InChI is InChI=1S/C18H21NO3.ClH/c1-13(19)10-15-8-9-17(16(11-15)18(20)21-2)22-12-14-6-4-3-5-7-14;/h3-9,11,13H,10,12,19H2,1-2H3;1H. The lowest BCUT2D eigenvalue weighted by Gasteiger charge is -2.13. The summed E-state index contributed by atoms with van der Waals surface area (Å²) < 4.78 is 10.6. The summed E-state index contributed by atoms with van der Waals surface area (Å²) in [5.41, 5.74) is 8.26. The zero-order valence-corrected chi connectivity index (χ0v) is 14.1. The molecule has 0 aliphatic heterocycles. The number of methoxy groups -OCH3 is 1. The maximum absolute atomic E-state index is 12.0. The zero-order chi connectivity index (χ0) is 15.9. The third kappa shape index (κ3) is 5.58. The van der Waals surface area contributed by atoms with Gasteiger partial charge in [0.05, 0.1) is 7.11 Å². The van der Waals surface area contributed by atoms with Crippen molar-refractivity contribution in [2.75, 3.05) is 7.11 Å². The third-order valence-corrected chi connectivity index (χ3v) is 3.24. The van der Waals surface area contributed by atoms with Gasteiger partial charge in [-0.25, -0.2) is 4.79 Å². The van der Waals surface area contributed by atoms with E-state index < -0.39 is 5.97 Å². The van der Waals surface area contributed by atoms with E-state index in [4.69, 9.17) is 15.2 Å². The number of carbonyl (C=O) groups excluding carboxylic acids is 1. The van der Waals surface area contributed by atoms with Gasteiger partial charge in [-0.05, 0) is 36.6 Å². The Morgan fingerprint density at radius 2 is 1.83 bits per heavy atom. The van der Waals surface area contributed by atoms with Gasteiger partial charge < -0.3 is 15.2 Å². The van der Waals surface area contributed by atoms with E-state index in [9.17, 15) is 4.79 Å². The molecule has 0 aliphatic carbocycles. The highest BCUT2D eigenvalue weighted by Crippen LogP contribution is 2.23. The first-order valence-corrected chi connectivity index (χ1v) is 7.23. The molecule has 2 aromatic carbocycles. The lowest BCUT2D eigenvalue weighted by molar-refractivity contribution is 0.0595. The summed E-state index contributed by atoms with van der Waals surface area (Å²) in [6, 6.07) is 15.3. The summed E-state index contributed by atoms with van der Waals surface area (Å²) in [5, 5.41) is 0. The van der Waals surface area contributed by atoms with Gasteiger partial charge in [0, 0.05) is 6.04 Å². The molecule has 0 bridgehead atoms. The van der Waals surface area contributed by atoms with Crippen LogP contribution in [-0.4, -0.2) is 19.1 Å². The second-order valence-electron chi connectivity index (χ2n) is 5.28. The molecule has 0 spiro atoms. The minimum absolute atomic E-state index is 0. The minimum atomic E-state index is -0.408. The molecule has 0 amide bonds. The Morgan fingerprint density at radius 1 is 1.13 bits per heavy atom. The van der Waals surface area contributed by atoms with Gasteiger partial charge in [0.1, 0.15) is 17.9 Å². The zero-order valence-electron chi connectivity index (χ0n) is 13.3. The molecule has 0 radical (unpaired) electrons. The second kappa shape index (κ2) is 9.18. The molecule has 2 rings (SSSR count). The van der Waals surface area contributed by atoms with Crippen molar-refractivity contribution in [1.82, 2.24) is 0 Å². The van der Waals surface area contributed by atoms with Gasteiger partial charge in [0.2, 0.25) is 0 Å². The van der Waals surface area contributed by atoms with Crippen LogP contribution in [0.4, 0.5) is 0 Å². The largest absolute Gasteiger partial charge is 0.488 e. The van der Waals surface area contributed by atoms with Crippen molar-refractivity contribution in [3.63, 3.8) is 0 Å². The van der Waals surface area contributed by atoms with Gasteiger partial charge in [0.25, 0.3) is 0 Å². The molecular weight excluding hydrogens is 314 g/mol. The summed E-state index contributed by atoms with van der Waals surface area (Å²) in [4.78, 5) is 12.0. The average molecular weight is 336 g/mol. The third-order valence-electron chi connectivity index (χ3n) is 3.24. The average Bonchev–Trinajstić information content (AvgIpc) is 2.53. The van der Waals surface area contributed by atoms with E-state index in [2.05, 4.69) is 0 Å². The van der Waals surface area contributed by atoms with Crippen LogP contribution in [0.15, 0.2) is 48.5 Å². The van der Waals surface area contributed by atoms with Gasteiger partial charge in [-0.3, -0.25) is 0 Å². The molecule has 23 heavy (non-hydrogen) atoms. The number of halogens is 1. The van der Waals surface area contributed by atoms with Crippen molar-refractivity contribution < 1.29 is 14.3 Å². The van der Waals surface area contributed by atoms with E-state index in [0.29, 0.717) is 24.3 Å². The molecular formula is C18H22ClNO3. The van der Waals surface area contributed by atoms with E-state index in [-0.39, 0.29) is 18.4 Å². The quantitative estimate of drug-likeness (QED) is 0.822. The maximum atomic E-state index is 12.0. The minimum Gasteiger partial charge on any atom is -0.488 e. The monoisotopic (exact) mass is 335 g/mol. The fourth-order valence-corrected chi connectivity index (χ4v) is 2.21. The molecule has 1 unspecified atom stereocenters. The van der Waals surface area contributed by atoms with Gasteiger partial charge in [-0.2, -0.15) is 0 Å². The summed E-state index contributed by atoms with van der Waals surface area (Å²) in [6.45, 7) is 2.33. The van der Waals surface area contributed by atoms with Gasteiger partial charge in [0.15, 0.2) is 0 Å². The summed E-state index contributed by atoms with van der Waals surface area (Å²) in [5.74, 6) is 0.110. The Balaban J connectivity index is 0.00000264. The van der Waals surface area contributed by atoms with Crippen LogP contribution in [0.1, 0.15) is 28.4 Å². The Bertz CT molecular complexity index is 629.